The van der Waals surface area contributed by atoms with Crippen LogP contribution >= 0.6 is 8.73 Å². The van der Waals surface area contributed by atoms with E-state index in [-0.39, 0.29) is 5.82 Å². The van der Waals surface area contributed by atoms with Crippen molar-refractivity contribution in [2.75, 3.05) is 32.7 Å². The number of halogens is 2. The minimum atomic E-state index is -1.16. The van der Waals surface area contributed by atoms with Crippen LogP contribution in [0.3, 0.4) is 0 Å². The first-order valence-electron chi connectivity index (χ1n) is 13.9. The van der Waals surface area contributed by atoms with Crippen LogP contribution in [0.15, 0.2) is 42.5 Å². The molecule has 0 spiro atoms. The highest BCUT2D eigenvalue weighted by atomic mass is 31.1. The molecule has 0 radical (unpaired) electrons. The van der Waals surface area contributed by atoms with E-state index in [0.717, 1.165) is 55.8 Å². The lowest BCUT2D eigenvalue weighted by Gasteiger charge is -2.30. The number of nitrogens with zero attached hydrogens (tertiary/aromatic N) is 2. The molecule has 0 bridgehead atoms. The van der Waals surface area contributed by atoms with E-state index in [9.17, 15) is 4.39 Å². The summed E-state index contributed by atoms with van der Waals surface area (Å²) in [6.07, 6.45) is 6.59. The molecule has 200 valence electrons. The number of rotatable bonds is 13. The van der Waals surface area contributed by atoms with Crippen molar-refractivity contribution in [1.82, 2.24) is 9.57 Å². The van der Waals surface area contributed by atoms with Crippen LogP contribution in [0.5, 0.6) is 0 Å². The average Bonchev–Trinajstić information content (AvgIpc) is 2.81. The maximum atomic E-state index is 15.0. The highest BCUT2D eigenvalue weighted by molar-refractivity contribution is 7.44. The maximum absolute atomic E-state index is 15.0. The predicted octanol–water partition coefficient (Wildman–Crippen LogP) is 7.86. The van der Waals surface area contributed by atoms with Gasteiger partial charge in [0.1, 0.15) is 11.5 Å². The standard InChI is InChI=1S/C31H47F2N2P/c1-6-18-34(23-31(4,5)33)20-17-24(2)9-10-26-11-16-29(30(32)21-26)27-12-14-28(15-13-27)36-35-19-7-8-25(3)22-35/h11-16,21,24-25,36H,6-10,17-20,22-23H2,1-5H3. The first-order valence-corrected chi connectivity index (χ1v) is 14.9. The summed E-state index contributed by atoms with van der Waals surface area (Å²) < 4.78 is 31.7. The Kier molecular flexibility index (Phi) is 11.3. The fraction of sp³-hybridized carbons (Fsp3) is 0.613. The van der Waals surface area contributed by atoms with E-state index in [4.69, 9.17) is 0 Å². The molecule has 2 aromatic carbocycles. The second-order valence-electron chi connectivity index (χ2n) is 11.6. The van der Waals surface area contributed by atoms with Crippen LogP contribution in [0.1, 0.15) is 72.3 Å². The summed E-state index contributed by atoms with van der Waals surface area (Å²) in [4.78, 5) is 2.24. The Bertz CT molecular complexity index is 925. The number of alkyl halides is 1. The van der Waals surface area contributed by atoms with E-state index < -0.39 is 5.67 Å². The smallest absolute Gasteiger partial charge is 0.131 e. The van der Waals surface area contributed by atoms with Gasteiger partial charge in [-0.3, -0.25) is 4.67 Å². The largest absolute Gasteiger partial charge is 0.300 e. The van der Waals surface area contributed by atoms with E-state index in [0.29, 0.717) is 26.8 Å². The van der Waals surface area contributed by atoms with Gasteiger partial charge in [0.2, 0.25) is 0 Å². The molecule has 3 unspecified atom stereocenters. The SMILES string of the molecule is CCCN(CCC(C)CCc1ccc(-c2ccc(PN3CCCC(C)C3)cc2)c(F)c1)CC(C)(C)F. The molecule has 0 saturated carbocycles. The Morgan fingerprint density at radius 3 is 2.50 bits per heavy atom. The Balaban J connectivity index is 1.50. The molecule has 5 heteroatoms. The summed E-state index contributed by atoms with van der Waals surface area (Å²) in [5.74, 6) is 1.16. The number of aryl methyl sites for hydroxylation is 1. The van der Waals surface area contributed by atoms with Gasteiger partial charge in [-0.1, -0.05) is 57.2 Å². The summed E-state index contributed by atoms with van der Waals surface area (Å²) in [5, 5.41) is 1.33. The third kappa shape index (κ3) is 9.84. The first-order chi connectivity index (χ1) is 17.1. The predicted molar refractivity (Wildman–Crippen MR) is 154 cm³/mol. The van der Waals surface area contributed by atoms with Crippen molar-refractivity contribution < 1.29 is 8.78 Å². The zero-order valence-corrected chi connectivity index (χ0v) is 24.1. The summed E-state index contributed by atoms with van der Waals surface area (Å²) >= 11 is 0. The first kappa shape index (κ1) is 29.2. The molecular formula is C31H47F2N2P. The van der Waals surface area contributed by atoms with Crippen molar-refractivity contribution >= 4 is 14.0 Å². The second kappa shape index (κ2) is 14.0. The molecular weight excluding hydrogens is 469 g/mol. The third-order valence-corrected chi connectivity index (χ3v) is 8.49. The van der Waals surface area contributed by atoms with Gasteiger partial charge < -0.3 is 4.90 Å². The molecule has 36 heavy (non-hydrogen) atoms. The highest BCUT2D eigenvalue weighted by Gasteiger charge is 2.20. The fourth-order valence-electron chi connectivity index (χ4n) is 5.22. The Morgan fingerprint density at radius 1 is 1.11 bits per heavy atom. The van der Waals surface area contributed by atoms with Crippen LogP contribution < -0.4 is 5.30 Å². The lowest BCUT2D eigenvalue weighted by Crippen LogP contribution is -2.37. The molecule has 2 nitrogen and oxygen atoms in total. The van der Waals surface area contributed by atoms with E-state index >= 15 is 4.39 Å². The summed E-state index contributed by atoms with van der Waals surface area (Å²) in [5.41, 5.74) is 1.51. The summed E-state index contributed by atoms with van der Waals surface area (Å²) in [6.45, 7) is 14.8. The van der Waals surface area contributed by atoms with Crippen LogP contribution in [0, 0.1) is 17.7 Å². The zero-order valence-electron chi connectivity index (χ0n) is 23.1. The molecule has 1 aliphatic rings. The van der Waals surface area contributed by atoms with E-state index in [1.807, 2.05) is 6.07 Å². The molecule has 0 amide bonds. The molecule has 0 aromatic heterocycles. The van der Waals surface area contributed by atoms with Gasteiger partial charge >= 0.3 is 0 Å². The molecule has 0 aliphatic carbocycles. The van der Waals surface area contributed by atoms with Crippen molar-refractivity contribution in [1.29, 1.82) is 0 Å². The van der Waals surface area contributed by atoms with Crippen LogP contribution in [0.2, 0.25) is 0 Å². The van der Waals surface area contributed by atoms with Crippen LogP contribution in [0.4, 0.5) is 8.78 Å². The van der Waals surface area contributed by atoms with Gasteiger partial charge in [0.05, 0.1) is 0 Å². The number of hydrogen-bond acceptors (Lipinski definition) is 2. The minimum absolute atomic E-state index is 0.139. The van der Waals surface area contributed by atoms with Crippen molar-refractivity contribution in [2.45, 2.75) is 78.8 Å². The van der Waals surface area contributed by atoms with Gasteiger partial charge in [0.25, 0.3) is 0 Å². The van der Waals surface area contributed by atoms with Crippen molar-refractivity contribution in [2.24, 2.45) is 11.8 Å². The molecule has 2 aromatic rings. The Hall–Kier alpha value is -1.35. The number of hydrogen-bond donors (Lipinski definition) is 0. The number of benzene rings is 2. The van der Waals surface area contributed by atoms with Gasteiger partial charge in [0, 0.05) is 25.2 Å². The molecule has 1 heterocycles. The van der Waals surface area contributed by atoms with Gasteiger partial charge in [-0.2, -0.15) is 0 Å². The minimum Gasteiger partial charge on any atom is -0.300 e. The van der Waals surface area contributed by atoms with Gasteiger partial charge in [-0.05, 0) is 109 Å². The second-order valence-corrected chi connectivity index (χ2v) is 13.1. The molecule has 3 rings (SSSR count). The highest BCUT2D eigenvalue weighted by Crippen LogP contribution is 2.28. The van der Waals surface area contributed by atoms with Crippen molar-refractivity contribution in [3.8, 4) is 11.1 Å². The van der Waals surface area contributed by atoms with E-state index in [1.54, 1.807) is 19.9 Å². The van der Waals surface area contributed by atoms with Gasteiger partial charge in [0.15, 0.2) is 0 Å². The van der Waals surface area contributed by atoms with E-state index in [2.05, 4.69) is 60.7 Å². The summed E-state index contributed by atoms with van der Waals surface area (Å²) in [7, 11) is 0.699. The Labute approximate surface area is 220 Å². The molecule has 1 fully saturated rings. The van der Waals surface area contributed by atoms with Crippen molar-refractivity contribution in [3.63, 3.8) is 0 Å². The quantitative estimate of drug-likeness (QED) is 0.250. The zero-order chi connectivity index (χ0) is 26.1. The van der Waals surface area contributed by atoms with E-state index in [1.165, 1.54) is 31.2 Å². The van der Waals surface area contributed by atoms with Crippen LogP contribution in [-0.2, 0) is 6.42 Å². The van der Waals surface area contributed by atoms with Gasteiger partial charge in [-0.15, -0.1) is 0 Å². The lowest BCUT2D eigenvalue weighted by molar-refractivity contribution is 0.120. The fourth-order valence-corrected chi connectivity index (χ4v) is 6.58. The normalized spacial score (nSPS) is 18.4. The third-order valence-electron chi connectivity index (χ3n) is 7.18. The topological polar surface area (TPSA) is 6.48 Å². The van der Waals surface area contributed by atoms with Gasteiger partial charge in [-0.25, -0.2) is 8.78 Å². The van der Waals surface area contributed by atoms with Crippen LogP contribution in [0.25, 0.3) is 11.1 Å². The maximum Gasteiger partial charge on any atom is 0.131 e. The average molecular weight is 517 g/mol. The molecule has 3 atom stereocenters. The molecule has 1 aliphatic heterocycles. The number of piperidine rings is 1. The Morgan fingerprint density at radius 2 is 1.86 bits per heavy atom. The monoisotopic (exact) mass is 516 g/mol. The molecule has 0 N–H and O–H groups in total. The van der Waals surface area contributed by atoms with Crippen molar-refractivity contribution in [3.05, 3.63) is 53.8 Å². The molecule has 1 saturated heterocycles. The van der Waals surface area contributed by atoms with Crippen LogP contribution in [-0.4, -0.2) is 48.0 Å². The summed E-state index contributed by atoms with van der Waals surface area (Å²) in [6, 6.07) is 14.2. The lowest BCUT2D eigenvalue weighted by atomic mass is 9.96.